The molecule has 1 aromatic carbocycles. The first-order chi connectivity index (χ1) is 9.69. The lowest BCUT2D eigenvalue weighted by molar-refractivity contribution is 0.332. The van der Waals surface area contributed by atoms with Crippen molar-refractivity contribution in [1.82, 2.24) is 9.97 Å². The minimum atomic E-state index is -0.583. The molecular formula is C13H12BrFN4O. The predicted molar refractivity (Wildman–Crippen MR) is 79.1 cm³/mol. The van der Waals surface area contributed by atoms with Gasteiger partial charge in [0.1, 0.15) is 6.61 Å². The van der Waals surface area contributed by atoms with E-state index in [2.05, 4.69) is 43.3 Å². The molecule has 0 aliphatic rings. The number of anilines is 2. The molecule has 5 nitrogen and oxygen atoms in total. The van der Waals surface area contributed by atoms with E-state index in [9.17, 15) is 4.39 Å². The maximum absolute atomic E-state index is 13.5. The lowest BCUT2D eigenvalue weighted by atomic mass is 10.3. The van der Waals surface area contributed by atoms with Crippen molar-refractivity contribution in [2.45, 2.75) is 0 Å². The number of nitrogens with zero attached hydrogens (tertiary/aromatic N) is 2. The first-order valence-electron chi connectivity index (χ1n) is 5.73. The van der Waals surface area contributed by atoms with Crippen LogP contribution in [0.2, 0.25) is 0 Å². The molecule has 0 bridgehead atoms. The summed E-state index contributed by atoms with van der Waals surface area (Å²) in [5.74, 6) is -0.581. The van der Waals surface area contributed by atoms with Crippen LogP contribution in [0.1, 0.15) is 0 Å². The van der Waals surface area contributed by atoms with Crippen LogP contribution in [-0.4, -0.2) is 16.6 Å². The van der Waals surface area contributed by atoms with Gasteiger partial charge in [-0.15, -0.1) is 0 Å². The molecule has 1 aromatic heterocycles. The molecule has 20 heavy (non-hydrogen) atoms. The Bertz CT molecular complexity index is 591. The highest BCUT2D eigenvalue weighted by Gasteiger charge is 2.07. The van der Waals surface area contributed by atoms with E-state index in [0.717, 1.165) is 16.4 Å². The molecule has 0 spiro atoms. The lowest BCUT2D eigenvalue weighted by Gasteiger charge is -2.10. The van der Waals surface area contributed by atoms with E-state index in [4.69, 9.17) is 4.74 Å². The van der Waals surface area contributed by atoms with Crippen molar-refractivity contribution in [2.24, 2.45) is 0 Å². The van der Waals surface area contributed by atoms with Gasteiger partial charge in [0.05, 0.1) is 11.9 Å². The monoisotopic (exact) mass is 338 g/mol. The number of ether oxygens (including phenoxy) is 1. The second-order valence-corrected chi connectivity index (χ2v) is 4.62. The standard InChI is InChI=1S/C13H12BrFN4O/c1-2-7-20-13-16-8-11(15)12(17-13)19-18-10-5-3-9(14)4-6-10/h2-6,8,18H,1,7H2,(H,16,17,19). The zero-order valence-electron chi connectivity index (χ0n) is 10.4. The molecule has 1 heterocycles. The average molecular weight is 339 g/mol. The second kappa shape index (κ2) is 6.85. The summed E-state index contributed by atoms with van der Waals surface area (Å²) in [5.41, 5.74) is 6.27. The molecule has 2 N–H and O–H groups in total. The normalized spacial score (nSPS) is 9.90. The fourth-order valence-electron chi connectivity index (χ4n) is 1.31. The molecule has 7 heteroatoms. The van der Waals surface area contributed by atoms with E-state index in [-0.39, 0.29) is 18.4 Å². The van der Waals surface area contributed by atoms with Gasteiger partial charge < -0.3 is 4.74 Å². The van der Waals surface area contributed by atoms with Crippen LogP contribution in [0.3, 0.4) is 0 Å². The van der Waals surface area contributed by atoms with Crippen LogP contribution in [0.15, 0.2) is 47.6 Å². The summed E-state index contributed by atoms with van der Waals surface area (Å²) >= 11 is 3.33. The van der Waals surface area contributed by atoms with E-state index >= 15 is 0 Å². The van der Waals surface area contributed by atoms with Gasteiger partial charge in [0.25, 0.3) is 0 Å². The Hall–Kier alpha value is -2.15. The molecule has 0 radical (unpaired) electrons. The molecule has 2 aromatic rings. The zero-order valence-corrected chi connectivity index (χ0v) is 12.0. The van der Waals surface area contributed by atoms with E-state index in [1.165, 1.54) is 0 Å². The van der Waals surface area contributed by atoms with Gasteiger partial charge in [-0.3, -0.25) is 10.9 Å². The fourth-order valence-corrected chi connectivity index (χ4v) is 1.57. The Balaban J connectivity index is 2.04. The third-order valence-electron chi connectivity index (χ3n) is 2.22. The summed E-state index contributed by atoms with van der Waals surface area (Å²) in [4.78, 5) is 7.62. The number of hydrogen-bond donors (Lipinski definition) is 2. The van der Waals surface area contributed by atoms with Crippen LogP contribution in [0.4, 0.5) is 15.9 Å². The predicted octanol–water partition coefficient (Wildman–Crippen LogP) is 3.38. The fraction of sp³-hybridized carbons (Fsp3) is 0.0769. The average Bonchev–Trinajstić information content (AvgIpc) is 2.46. The van der Waals surface area contributed by atoms with Crippen molar-refractivity contribution < 1.29 is 9.13 Å². The van der Waals surface area contributed by atoms with E-state index < -0.39 is 5.82 Å². The Kier molecular flexibility index (Phi) is 4.89. The molecule has 0 atom stereocenters. The van der Waals surface area contributed by atoms with Gasteiger partial charge in [-0.1, -0.05) is 28.6 Å². The van der Waals surface area contributed by atoms with Gasteiger partial charge in [0, 0.05) is 4.47 Å². The summed E-state index contributed by atoms with van der Waals surface area (Å²) in [7, 11) is 0. The summed E-state index contributed by atoms with van der Waals surface area (Å²) in [5, 5.41) is 0. The largest absolute Gasteiger partial charge is 0.459 e. The minimum Gasteiger partial charge on any atom is -0.459 e. The Morgan fingerprint density at radius 1 is 1.30 bits per heavy atom. The van der Waals surface area contributed by atoms with Crippen molar-refractivity contribution in [2.75, 3.05) is 17.5 Å². The van der Waals surface area contributed by atoms with Crippen LogP contribution in [-0.2, 0) is 0 Å². The van der Waals surface area contributed by atoms with Gasteiger partial charge in [-0.25, -0.2) is 9.37 Å². The molecule has 0 amide bonds. The Labute approximate surface area is 124 Å². The number of hydrazine groups is 1. The quantitative estimate of drug-likeness (QED) is 0.624. The third kappa shape index (κ3) is 3.92. The van der Waals surface area contributed by atoms with Crippen molar-refractivity contribution in [3.63, 3.8) is 0 Å². The number of benzene rings is 1. The number of rotatable bonds is 6. The summed E-state index contributed by atoms with van der Waals surface area (Å²) < 4.78 is 19.6. The highest BCUT2D eigenvalue weighted by molar-refractivity contribution is 9.10. The van der Waals surface area contributed by atoms with Gasteiger partial charge in [0.15, 0.2) is 11.6 Å². The summed E-state index contributed by atoms with van der Waals surface area (Å²) in [6, 6.07) is 7.44. The van der Waals surface area contributed by atoms with Gasteiger partial charge in [-0.05, 0) is 24.3 Å². The smallest absolute Gasteiger partial charge is 0.318 e. The molecular weight excluding hydrogens is 327 g/mol. The number of hydrogen-bond acceptors (Lipinski definition) is 5. The van der Waals surface area contributed by atoms with Crippen molar-refractivity contribution in [3.05, 3.63) is 53.4 Å². The van der Waals surface area contributed by atoms with E-state index in [1.807, 2.05) is 24.3 Å². The molecule has 0 aliphatic carbocycles. The number of aromatic nitrogens is 2. The Morgan fingerprint density at radius 3 is 2.75 bits per heavy atom. The van der Waals surface area contributed by atoms with Crippen LogP contribution >= 0.6 is 15.9 Å². The summed E-state index contributed by atoms with van der Waals surface area (Å²) in [6.45, 7) is 3.77. The zero-order chi connectivity index (χ0) is 14.4. The minimum absolute atomic E-state index is 0.00183. The van der Waals surface area contributed by atoms with Crippen LogP contribution in [0.5, 0.6) is 6.01 Å². The van der Waals surface area contributed by atoms with Gasteiger partial charge in [0.2, 0.25) is 0 Å². The molecule has 104 valence electrons. The SMILES string of the molecule is C=CCOc1ncc(F)c(NNc2ccc(Br)cc2)n1. The number of halogens is 2. The van der Waals surface area contributed by atoms with Crippen LogP contribution in [0.25, 0.3) is 0 Å². The lowest BCUT2D eigenvalue weighted by Crippen LogP contribution is -2.12. The topological polar surface area (TPSA) is 59.1 Å². The van der Waals surface area contributed by atoms with Gasteiger partial charge >= 0.3 is 6.01 Å². The molecule has 0 saturated heterocycles. The molecule has 0 aliphatic heterocycles. The first kappa shape index (κ1) is 14.3. The van der Waals surface area contributed by atoms with Crippen LogP contribution in [0, 0.1) is 5.82 Å². The summed E-state index contributed by atoms with van der Waals surface area (Å²) in [6.07, 6.45) is 2.59. The second-order valence-electron chi connectivity index (χ2n) is 3.71. The maximum atomic E-state index is 13.5. The number of nitrogens with one attached hydrogen (secondary N) is 2. The maximum Gasteiger partial charge on any atom is 0.318 e. The van der Waals surface area contributed by atoms with Crippen LogP contribution < -0.4 is 15.6 Å². The molecule has 0 unspecified atom stereocenters. The van der Waals surface area contributed by atoms with E-state index in [1.54, 1.807) is 6.08 Å². The first-order valence-corrected chi connectivity index (χ1v) is 6.52. The highest BCUT2D eigenvalue weighted by Crippen LogP contribution is 2.16. The van der Waals surface area contributed by atoms with E-state index in [0.29, 0.717) is 0 Å². The molecule has 0 fully saturated rings. The van der Waals surface area contributed by atoms with Gasteiger partial charge in [-0.2, -0.15) is 4.98 Å². The van der Waals surface area contributed by atoms with Crippen molar-refractivity contribution in [1.29, 1.82) is 0 Å². The van der Waals surface area contributed by atoms with Crippen molar-refractivity contribution >= 4 is 27.4 Å². The highest BCUT2D eigenvalue weighted by atomic mass is 79.9. The molecule has 2 rings (SSSR count). The Morgan fingerprint density at radius 2 is 2.05 bits per heavy atom. The third-order valence-corrected chi connectivity index (χ3v) is 2.75. The molecule has 0 saturated carbocycles. The van der Waals surface area contributed by atoms with Crippen molar-refractivity contribution in [3.8, 4) is 6.01 Å².